The largest absolute Gasteiger partial charge is 0.331 e. The third-order valence-corrected chi connectivity index (χ3v) is 5.22. The molecule has 0 saturated heterocycles. The van der Waals surface area contributed by atoms with Crippen molar-refractivity contribution < 1.29 is 4.79 Å². The number of carbonyl (C=O) groups excluding carboxylic acids is 1. The summed E-state index contributed by atoms with van der Waals surface area (Å²) in [6, 6.07) is 19.9. The maximum absolute atomic E-state index is 13.0. The minimum atomic E-state index is -0.248. The summed E-state index contributed by atoms with van der Waals surface area (Å²) in [5, 5.41) is 3.36. The molecule has 0 bridgehead atoms. The van der Waals surface area contributed by atoms with Gasteiger partial charge in [-0.15, -0.1) is 0 Å². The van der Waals surface area contributed by atoms with E-state index in [1.807, 2.05) is 62.4 Å². The summed E-state index contributed by atoms with van der Waals surface area (Å²) in [5.41, 5.74) is 4.43. The average Bonchev–Trinajstić information content (AvgIpc) is 2.71. The third kappa shape index (κ3) is 3.62. The smallest absolute Gasteiger partial charge is 0.266 e. The number of carbonyl (C=O) groups is 1. The molecule has 1 heterocycles. The van der Waals surface area contributed by atoms with Crippen LogP contribution in [0.1, 0.15) is 21.5 Å². The van der Waals surface area contributed by atoms with E-state index in [9.17, 15) is 9.59 Å². The van der Waals surface area contributed by atoms with E-state index in [-0.39, 0.29) is 16.2 Å². The van der Waals surface area contributed by atoms with Crippen LogP contribution in [0.4, 0.5) is 5.69 Å². The lowest BCUT2D eigenvalue weighted by atomic mass is 10.1. The summed E-state index contributed by atoms with van der Waals surface area (Å²) in [7, 11) is 0. The molecule has 0 atom stereocenters. The quantitative estimate of drug-likeness (QED) is 0.479. The van der Waals surface area contributed by atoms with Crippen LogP contribution in [-0.2, 0) is 0 Å². The molecule has 0 spiro atoms. The first kappa shape index (κ1) is 18.8. The molecule has 1 amide bonds. The summed E-state index contributed by atoms with van der Waals surface area (Å²) in [6.07, 6.45) is 0. The number of rotatable bonds is 3. The van der Waals surface area contributed by atoms with Crippen molar-refractivity contribution in [2.24, 2.45) is 0 Å². The first-order valence-electron chi connectivity index (χ1n) is 9.17. The van der Waals surface area contributed by atoms with E-state index in [0.717, 1.165) is 16.8 Å². The number of hydrogen-bond acceptors (Lipinski definition) is 3. The van der Waals surface area contributed by atoms with Crippen LogP contribution in [0.3, 0.4) is 0 Å². The number of para-hydroxylation sites is 1. The highest BCUT2D eigenvalue weighted by Gasteiger charge is 2.12. The fraction of sp³-hybridized carbons (Fsp3) is 0.0870. The molecule has 0 saturated carbocycles. The molecule has 3 aromatic carbocycles. The molecule has 0 aliphatic rings. The van der Waals surface area contributed by atoms with Gasteiger partial charge < -0.3 is 10.3 Å². The minimum Gasteiger partial charge on any atom is -0.331 e. The fourth-order valence-electron chi connectivity index (χ4n) is 3.19. The van der Waals surface area contributed by atoms with Gasteiger partial charge in [0.05, 0.1) is 16.6 Å². The lowest BCUT2D eigenvalue weighted by molar-refractivity contribution is 0.102. The number of fused-ring (bicyclic) bond motifs is 1. The van der Waals surface area contributed by atoms with Crippen LogP contribution in [0.25, 0.3) is 16.6 Å². The number of H-pyrrole nitrogens is 1. The molecule has 0 aliphatic heterocycles. The van der Waals surface area contributed by atoms with Crippen LogP contribution in [0.2, 0.25) is 0 Å². The summed E-state index contributed by atoms with van der Waals surface area (Å²) >= 11 is 5.40. The SMILES string of the molecule is Cc1ccc(NC(=O)c2ccc3c(=O)n(-c4ccccc4)c(=S)[nH]c3c2)cc1C. The van der Waals surface area contributed by atoms with Crippen molar-refractivity contribution in [3.63, 3.8) is 0 Å². The predicted molar refractivity (Wildman–Crippen MR) is 119 cm³/mol. The average molecular weight is 401 g/mol. The molecule has 144 valence electrons. The van der Waals surface area contributed by atoms with Gasteiger partial charge in [0.25, 0.3) is 11.5 Å². The van der Waals surface area contributed by atoms with E-state index in [4.69, 9.17) is 12.2 Å². The molecule has 6 heteroatoms. The lowest BCUT2D eigenvalue weighted by Gasteiger charge is -2.10. The second kappa shape index (κ2) is 7.48. The Morgan fingerprint density at radius 3 is 2.45 bits per heavy atom. The number of nitrogens with zero attached hydrogens (tertiary/aromatic N) is 1. The maximum atomic E-state index is 13.0. The molecule has 29 heavy (non-hydrogen) atoms. The third-order valence-electron chi connectivity index (χ3n) is 4.94. The Hall–Kier alpha value is -3.51. The Kier molecular flexibility index (Phi) is 4.86. The van der Waals surface area contributed by atoms with Crippen LogP contribution in [0, 0.1) is 18.6 Å². The number of nitrogens with one attached hydrogen (secondary N) is 2. The summed E-state index contributed by atoms with van der Waals surface area (Å²) in [6.45, 7) is 4.02. The van der Waals surface area contributed by atoms with E-state index < -0.39 is 0 Å². The molecule has 1 aromatic heterocycles. The van der Waals surface area contributed by atoms with Crippen LogP contribution in [0.5, 0.6) is 0 Å². The summed E-state index contributed by atoms with van der Waals surface area (Å²) < 4.78 is 1.73. The van der Waals surface area contributed by atoms with Crippen molar-refractivity contribution in [1.82, 2.24) is 9.55 Å². The Morgan fingerprint density at radius 1 is 0.966 bits per heavy atom. The van der Waals surface area contributed by atoms with Gasteiger partial charge in [-0.25, -0.2) is 0 Å². The van der Waals surface area contributed by atoms with Gasteiger partial charge in [0.15, 0.2) is 4.77 Å². The normalized spacial score (nSPS) is 10.8. The van der Waals surface area contributed by atoms with Crippen molar-refractivity contribution in [3.05, 3.63) is 98.5 Å². The fourth-order valence-corrected chi connectivity index (χ4v) is 3.49. The Balaban J connectivity index is 1.73. The minimum absolute atomic E-state index is 0.226. The number of amides is 1. The monoisotopic (exact) mass is 401 g/mol. The van der Waals surface area contributed by atoms with E-state index in [1.165, 1.54) is 4.57 Å². The Labute approximate surface area is 172 Å². The number of benzene rings is 3. The van der Waals surface area contributed by atoms with Gasteiger partial charge in [0, 0.05) is 11.3 Å². The van der Waals surface area contributed by atoms with E-state index >= 15 is 0 Å². The van der Waals surface area contributed by atoms with Gasteiger partial charge in [-0.1, -0.05) is 24.3 Å². The summed E-state index contributed by atoms with van der Waals surface area (Å²) in [4.78, 5) is 28.7. The highest BCUT2D eigenvalue weighted by Crippen LogP contribution is 2.17. The Bertz CT molecular complexity index is 1350. The van der Waals surface area contributed by atoms with Crippen LogP contribution >= 0.6 is 12.2 Å². The molecular weight excluding hydrogens is 382 g/mol. The van der Waals surface area contributed by atoms with Crippen molar-refractivity contribution >= 4 is 34.7 Å². The van der Waals surface area contributed by atoms with Crippen molar-refractivity contribution in [2.75, 3.05) is 5.32 Å². The van der Waals surface area contributed by atoms with Gasteiger partial charge in [-0.3, -0.25) is 14.2 Å². The highest BCUT2D eigenvalue weighted by molar-refractivity contribution is 7.71. The molecule has 0 unspecified atom stereocenters. The van der Waals surface area contributed by atoms with E-state index in [0.29, 0.717) is 22.2 Å². The molecule has 0 fully saturated rings. The van der Waals surface area contributed by atoms with E-state index in [1.54, 1.807) is 18.2 Å². The molecule has 4 rings (SSSR count). The maximum Gasteiger partial charge on any atom is 0.266 e. The van der Waals surface area contributed by atoms with Gasteiger partial charge in [0.2, 0.25) is 0 Å². The van der Waals surface area contributed by atoms with Crippen LogP contribution in [0.15, 0.2) is 71.5 Å². The van der Waals surface area contributed by atoms with Crippen LogP contribution < -0.4 is 10.9 Å². The van der Waals surface area contributed by atoms with Crippen molar-refractivity contribution in [3.8, 4) is 5.69 Å². The summed E-state index contributed by atoms with van der Waals surface area (Å²) in [5.74, 6) is -0.248. The van der Waals surface area contributed by atoms with Crippen molar-refractivity contribution in [2.45, 2.75) is 13.8 Å². The first-order valence-corrected chi connectivity index (χ1v) is 9.58. The van der Waals surface area contributed by atoms with Gasteiger partial charge >= 0.3 is 0 Å². The number of aromatic nitrogens is 2. The lowest BCUT2D eigenvalue weighted by Crippen LogP contribution is -2.21. The zero-order valence-corrected chi connectivity index (χ0v) is 16.8. The molecule has 4 aromatic rings. The van der Waals surface area contributed by atoms with Gasteiger partial charge in [-0.05, 0) is 79.7 Å². The van der Waals surface area contributed by atoms with E-state index in [2.05, 4.69) is 10.3 Å². The first-order chi connectivity index (χ1) is 13.9. The molecule has 0 aliphatic carbocycles. The zero-order chi connectivity index (χ0) is 20.5. The highest BCUT2D eigenvalue weighted by atomic mass is 32.1. The zero-order valence-electron chi connectivity index (χ0n) is 16.0. The second-order valence-corrected chi connectivity index (χ2v) is 7.31. The molecule has 2 N–H and O–H groups in total. The molecule has 0 radical (unpaired) electrons. The number of aryl methyl sites for hydroxylation is 2. The van der Waals surface area contributed by atoms with Gasteiger partial charge in [0.1, 0.15) is 0 Å². The number of anilines is 1. The second-order valence-electron chi connectivity index (χ2n) is 6.92. The molecular formula is C23H19N3O2S. The number of aromatic amines is 1. The van der Waals surface area contributed by atoms with Crippen molar-refractivity contribution in [1.29, 1.82) is 0 Å². The van der Waals surface area contributed by atoms with Gasteiger partial charge in [-0.2, -0.15) is 0 Å². The standard InChI is InChI=1S/C23H19N3O2S/c1-14-8-10-17(12-15(14)2)24-21(27)16-9-11-19-20(13-16)25-23(29)26(22(19)28)18-6-4-3-5-7-18/h3-13H,1-2H3,(H,24,27)(H,25,29). The number of hydrogen-bond donors (Lipinski definition) is 2. The topological polar surface area (TPSA) is 66.9 Å². The predicted octanol–water partition coefficient (Wildman–Crippen LogP) is 4.92. The Morgan fingerprint density at radius 2 is 1.72 bits per heavy atom. The molecule has 5 nitrogen and oxygen atoms in total. The van der Waals surface area contributed by atoms with Crippen LogP contribution in [-0.4, -0.2) is 15.5 Å².